The highest BCUT2D eigenvalue weighted by Gasteiger charge is 2.36. The average molecular weight is 783 g/mol. The Balaban J connectivity index is 2.07. The molecule has 1 saturated heterocycles. The highest BCUT2D eigenvalue weighted by atomic mass is 31.2. The van der Waals surface area contributed by atoms with Gasteiger partial charge in [0.05, 0.1) is 18.8 Å². The summed E-state index contributed by atoms with van der Waals surface area (Å²) in [4.78, 5) is 42.9. The third-order valence-corrected chi connectivity index (χ3v) is 10.6. The fourth-order valence-corrected chi connectivity index (χ4v) is 6.74. The Morgan fingerprint density at radius 2 is 1.22 bits per heavy atom. The molecule has 4 atom stereocenters. The van der Waals surface area contributed by atoms with Crippen LogP contribution >= 0.6 is 7.82 Å². The van der Waals surface area contributed by atoms with Gasteiger partial charge in [0.25, 0.3) is 0 Å². The molecule has 0 aromatic rings. The maximum atomic E-state index is 12.4. The molecule has 1 aliphatic heterocycles. The van der Waals surface area contributed by atoms with Crippen LogP contribution in [-0.2, 0) is 32.9 Å². The third-order valence-electron chi connectivity index (χ3n) is 10.1. The second-order valence-corrected chi connectivity index (χ2v) is 16.5. The first kappa shape index (κ1) is 50.2. The van der Waals surface area contributed by atoms with Crippen LogP contribution in [0.4, 0.5) is 0 Å². The van der Waals surface area contributed by atoms with Crippen LogP contribution in [0.3, 0.4) is 0 Å². The van der Waals surface area contributed by atoms with Crippen LogP contribution in [-0.4, -0.2) is 53.3 Å². The van der Waals surface area contributed by atoms with E-state index in [1.165, 1.54) is 103 Å². The molecule has 314 valence electrons. The first-order chi connectivity index (χ1) is 26.1. The van der Waals surface area contributed by atoms with E-state index in [2.05, 4.69) is 55.7 Å². The Morgan fingerprint density at radius 1 is 0.667 bits per heavy atom. The van der Waals surface area contributed by atoms with Gasteiger partial charge in [-0.1, -0.05) is 173 Å². The minimum atomic E-state index is -4.77. The van der Waals surface area contributed by atoms with Crippen molar-refractivity contribution in [2.24, 2.45) is 5.92 Å². The van der Waals surface area contributed by atoms with Crippen LogP contribution in [0.25, 0.3) is 0 Å². The second-order valence-electron chi connectivity index (χ2n) is 15.3. The Labute approximate surface area is 329 Å². The predicted molar refractivity (Wildman–Crippen MR) is 220 cm³/mol. The van der Waals surface area contributed by atoms with Gasteiger partial charge >= 0.3 is 19.8 Å². The van der Waals surface area contributed by atoms with E-state index >= 15 is 0 Å². The van der Waals surface area contributed by atoms with Gasteiger partial charge in [-0.2, -0.15) is 0 Å². The number of rotatable bonds is 38. The lowest BCUT2D eigenvalue weighted by molar-refractivity contribution is -0.161. The van der Waals surface area contributed by atoms with Crippen molar-refractivity contribution in [2.75, 3.05) is 13.2 Å². The van der Waals surface area contributed by atoms with Crippen molar-refractivity contribution >= 4 is 19.8 Å². The van der Waals surface area contributed by atoms with Crippen molar-refractivity contribution in [1.29, 1.82) is 0 Å². The van der Waals surface area contributed by atoms with Crippen LogP contribution < -0.4 is 0 Å². The predicted octanol–water partition coefficient (Wildman–Crippen LogP) is 12.2. The van der Waals surface area contributed by atoms with Gasteiger partial charge < -0.3 is 24.0 Å². The molecule has 1 fully saturated rings. The number of epoxide rings is 1. The van der Waals surface area contributed by atoms with Crippen LogP contribution in [0.15, 0.2) is 36.5 Å². The van der Waals surface area contributed by atoms with Gasteiger partial charge in [0, 0.05) is 12.8 Å². The van der Waals surface area contributed by atoms with Crippen LogP contribution in [0, 0.1) is 5.92 Å². The maximum Gasteiger partial charge on any atom is 0.469 e. The summed E-state index contributed by atoms with van der Waals surface area (Å²) in [5.74, 6) is -0.0728. The molecule has 0 spiro atoms. The average Bonchev–Trinajstić information content (AvgIpc) is 3.90. The molecule has 1 heterocycles. The van der Waals surface area contributed by atoms with E-state index in [1.807, 2.05) is 6.08 Å². The summed E-state index contributed by atoms with van der Waals surface area (Å²) in [7, 11) is -4.77. The number of carbonyl (C=O) groups is 2. The lowest BCUT2D eigenvalue weighted by atomic mass is 9.99. The van der Waals surface area contributed by atoms with Crippen molar-refractivity contribution in [3.63, 3.8) is 0 Å². The molecule has 3 unspecified atom stereocenters. The molecular formula is C44H79O9P. The van der Waals surface area contributed by atoms with E-state index < -0.39 is 32.5 Å². The van der Waals surface area contributed by atoms with Crippen molar-refractivity contribution in [3.05, 3.63) is 36.5 Å². The number of ether oxygens (including phenoxy) is 3. The molecule has 0 amide bonds. The monoisotopic (exact) mass is 783 g/mol. The van der Waals surface area contributed by atoms with Crippen molar-refractivity contribution in [3.8, 4) is 0 Å². The number of phosphoric acid groups is 1. The maximum absolute atomic E-state index is 12.4. The molecule has 0 bridgehead atoms. The number of hydrogen-bond acceptors (Lipinski definition) is 7. The van der Waals surface area contributed by atoms with Crippen LogP contribution in [0.5, 0.6) is 0 Å². The van der Waals surface area contributed by atoms with E-state index in [4.69, 9.17) is 24.0 Å². The first-order valence-electron chi connectivity index (χ1n) is 21.8. The molecule has 1 rings (SSSR count). The van der Waals surface area contributed by atoms with Gasteiger partial charge in [0.2, 0.25) is 0 Å². The molecule has 0 aromatic carbocycles. The molecule has 0 aromatic heterocycles. The number of phosphoric ester groups is 1. The van der Waals surface area contributed by atoms with Gasteiger partial charge in [-0.15, -0.1) is 0 Å². The second kappa shape index (κ2) is 34.5. The van der Waals surface area contributed by atoms with Crippen LogP contribution in [0.2, 0.25) is 0 Å². The Bertz CT molecular complexity index is 1050. The summed E-state index contributed by atoms with van der Waals surface area (Å²) >= 11 is 0. The molecular weight excluding hydrogens is 703 g/mol. The van der Waals surface area contributed by atoms with Crippen molar-refractivity contribution in [2.45, 2.75) is 212 Å². The molecule has 0 aliphatic carbocycles. The largest absolute Gasteiger partial charge is 0.469 e. The van der Waals surface area contributed by atoms with Crippen molar-refractivity contribution < 1.29 is 42.7 Å². The van der Waals surface area contributed by atoms with Gasteiger partial charge in [-0.05, 0) is 50.9 Å². The number of allylic oxidation sites excluding steroid dienone is 5. The molecule has 9 nitrogen and oxygen atoms in total. The number of unbranched alkanes of at least 4 members (excludes halogenated alkanes) is 16. The third kappa shape index (κ3) is 33.6. The normalized spacial score (nSPS) is 17.1. The number of carbonyl (C=O) groups excluding carboxylic acids is 2. The van der Waals surface area contributed by atoms with Gasteiger partial charge in [0.15, 0.2) is 6.10 Å². The summed E-state index contributed by atoms with van der Waals surface area (Å²) in [6, 6.07) is 0. The van der Waals surface area contributed by atoms with E-state index in [9.17, 15) is 14.2 Å². The highest BCUT2D eigenvalue weighted by Crippen LogP contribution is 2.36. The minimum absolute atomic E-state index is 0.188. The zero-order valence-corrected chi connectivity index (χ0v) is 35.4. The number of esters is 2. The molecule has 10 heteroatoms. The summed E-state index contributed by atoms with van der Waals surface area (Å²) in [6.07, 6.45) is 41.8. The van der Waals surface area contributed by atoms with Crippen molar-refractivity contribution in [1.82, 2.24) is 0 Å². The lowest BCUT2D eigenvalue weighted by Gasteiger charge is -2.18. The lowest BCUT2D eigenvalue weighted by Crippen LogP contribution is -2.29. The van der Waals surface area contributed by atoms with Gasteiger partial charge in [-0.3, -0.25) is 14.1 Å². The zero-order chi connectivity index (χ0) is 39.5. The molecule has 0 radical (unpaired) electrons. The zero-order valence-electron chi connectivity index (χ0n) is 34.5. The fourth-order valence-electron chi connectivity index (χ4n) is 6.38. The molecule has 1 aliphatic rings. The summed E-state index contributed by atoms with van der Waals surface area (Å²) in [5.41, 5.74) is 0. The fraction of sp³-hybridized carbons (Fsp3) is 0.818. The Morgan fingerprint density at radius 3 is 1.81 bits per heavy atom. The summed E-state index contributed by atoms with van der Waals surface area (Å²) in [5, 5.41) is 0. The SMILES string of the molecule is CCCCCC1OC1C/C=C\C/C=C\C/C=C\CCCC(=O)OC[C@H](COP(=O)(O)O)OC(=O)CCCCCCCCCCCCCCCCC(C)CC. The summed E-state index contributed by atoms with van der Waals surface area (Å²) in [6.45, 7) is 5.99. The minimum Gasteiger partial charge on any atom is -0.462 e. The Hall–Kier alpha value is -1.77. The van der Waals surface area contributed by atoms with E-state index in [0.29, 0.717) is 25.0 Å². The highest BCUT2D eigenvalue weighted by molar-refractivity contribution is 7.46. The standard InChI is InChI=1S/C44H79O9P/c1-4-6-27-33-41-42(53-41)34-29-24-20-16-13-14-17-21-25-30-35-43(45)50-37-40(38-51-54(47,48)49)52-44(46)36-31-26-22-18-12-10-8-7-9-11-15-19-23-28-32-39(3)5-2/h13,16-17,21,24,29,39-42H,4-12,14-15,18-20,22-23,25-28,30-38H2,1-3H3,(H2,47,48,49)/b16-13-,21-17-,29-24-/t39?,40-,41?,42?/m1/s1. The van der Waals surface area contributed by atoms with E-state index in [1.54, 1.807) is 0 Å². The molecule has 54 heavy (non-hydrogen) atoms. The van der Waals surface area contributed by atoms with Gasteiger partial charge in [-0.25, -0.2) is 4.57 Å². The molecule has 0 saturated carbocycles. The number of hydrogen-bond donors (Lipinski definition) is 2. The quantitative estimate of drug-likeness (QED) is 0.0206. The van der Waals surface area contributed by atoms with Gasteiger partial charge in [0.1, 0.15) is 6.61 Å². The van der Waals surface area contributed by atoms with E-state index in [0.717, 1.165) is 50.9 Å². The van der Waals surface area contributed by atoms with Crippen LogP contribution in [0.1, 0.15) is 194 Å². The molecule has 2 N–H and O–H groups in total. The first-order valence-corrected chi connectivity index (χ1v) is 23.3. The summed E-state index contributed by atoms with van der Waals surface area (Å²) < 4.78 is 32.1. The van der Waals surface area contributed by atoms with E-state index in [-0.39, 0.29) is 19.4 Å². The topological polar surface area (TPSA) is 132 Å². The smallest absolute Gasteiger partial charge is 0.462 e. The Kier molecular flexibility index (Phi) is 32.1.